The van der Waals surface area contributed by atoms with E-state index in [0.717, 1.165) is 17.7 Å². The van der Waals surface area contributed by atoms with Crippen molar-refractivity contribution in [2.45, 2.75) is 31.8 Å². The molecular weight excluding hydrogens is 258 g/mol. The molecule has 0 aromatic carbocycles. The Kier molecular flexibility index (Phi) is 3.06. The third-order valence-corrected chi connectivity index (χ3v) is 4.42. The fourth-order valence-corrected chi connectivity index (χ4v) is 2.95. The normalized spacial score (nSPS) is 16.3. The molecule has 0 radical (unpaired) electrons. The molecule has 5 heteroatoms. The van der Waals surface area contributed by atoms with Crippen molar-refractivity contribution in [1.82, 2.24) is 9.88 Å². The fraction of sp³-hybridized carbons (Fsp3) is 0.357. The molecule has 0 spiro atoms. The van der Waals surface area contributed by atoms with Crippen molar-refractivity contribution < 1.29 is 4.79 Å². The number of nitrogens with zero attached hydrogens (tertiary/aromatic N) is 1. The van der Waals surface area contributed by atoms with Gasteiger partial charge in [0.1, 0.15) is 5.69 Å². The number of nitrogen functional groups attached to an aromatic ring is 1. The molecule has 0 saturated heterocycles. The van der Waals surface area contributed by atoms with E-state index in [1.54, 1.807) is 17.4 Å². The Bertz CT molecular complexity index is 584. The Morgan fingerprint density at radius 2 is 2.37 bits per heavy atom. The number of nitrogens with one attached hydrogen (secondary N) is 1. The smallest absolute Gasteiger partial charge is 0.268 e. The number of anilines is 1. The topological polar surface area (TPSA) is 60.1 Å². The van der Waals surface area contributed by atoms with Crippen molar-refractivity contribution in [2.75, 3.05) is 5.73 Å². The van der Waals surface area contributed by atoms with E-state index in [4.69, 9.17) is 5.73 Å². The average molecular weight is 275 g/mol. The molecule has 2 aromatic rings. The summed E-state index contributed by atoms with van der Waals surface area (Å²) in [5.74, 6) is -0.0514. The van der Waals surface area contributed by atoms with Crippen LogP contribution in [-0.4, -0.2) is 10.5 Å². The Labute approximate surface area is 116 Å². The Morgan fingerprint density at radius 3 is 3.00 bits per heavy atom. The molecule has 3 rings (SSSR count). The summed E-state index contributed by atoms with van der Waals surface area (Å²) in [5.41, 5.74) is 7.13. The van der Waals surface area contributed by atoms with Gasteiger partial charge in [-0.3, -0.25) is 4.79 Å². The number of hydrogen-bond acceptors (Lipinski definition) is 3. The average Bonchev–Trinajstić information content (AvgIpc) is 2.91. The van der Waals surface area contributed by atoms with E-state index in [9.17, 15) is 4.79 Å². The molecule has 1 unspecified atom stereocenters. The number of amides is 1. The molecule has 1 atom stereocenters. The maximum Gasteiger partial charge on any atom is 0.268 e. The minimum atomic E-state index is -0.0514. The van der Waals surface area contributed by atoms with Crippen LogP contribution in [0.4, 0.5) is 5.69 Å². The second-order valence-electron chi connectivity index (χ2n) is 5.01. The Balaban J connectivity index is 1.77. The predicted octanol–water partition coefficient (Wildman–Crippen LogP) is 2.96. The van der Waals surface area contributed by atoms with Crippen molar-refractivity contribution in [3.05, 3.63) is 40.3 Å². The van der Waals surface area contributed by atoms with Crippen LogP contribution in [0.1, 0.15) is 47.2 Å². The van der Waals surface area contributed by atoms with Gasteiger partial charge < -0.3 is 15.6 Å². The Hall–Kier alpha value is -1.75. The number of carbonyl (C=O) groups excluding carboxylic acids is 1. The van der Waals surface area contributed by atoms with Crippen LogP contribution >= 0.6 is 11.3 Å². The molecule has 19 heavy (non-hydrogen) atoms. The van der Waals surface area contributed by atoms with Crippen LogP contribution in [0.2, 0.25) is 0 Å². The molecule has 2 aromatic heterocycles. The highest BCUT2D eigenvalue weighted by Gasteiger charge is 2.28. The van der Waals surface area contributed by atoms with Crippen molar-refractivity contribution in [2.24, 2.45) is 0 Å². The zero-order valence-electron chi connectivity index (χ0n) is 10.8. The molecular formula is C14H17N3OS. The van der Waals surface area contributed by atoms with Crippen molar-refractivity contribution in [1.29, 1.82) is 0 Å². The van der Waals surface area contributed by atoms with Gasteiger partial charge in [-0.2, -0.15) is 0 Å². The maximum absolute atomic E-state index is 12.3. The fourth-order valence-electron chi connectivity index (χ4n) is 2.22. The molecule has 1 aliphatic carbocycles. The molecule has 1 saturated carbocycles. The van der Waals surface area contributed by atoms with Crippen LogP contribution < -0.4 is 11.1 Å². The summed E-state index contributed by atoms with van der Waals surface area (Å²) >= 11 is 1.65. The number of rotatable bonds is 4. The number of hydrogen-bond donors (Lipinski definition) is 2. The summed E-state index contributed by atoms with van der Waals surface area (Å²) in [5, 5.41) is 5.05. The summed E-state index contributed by atoms with van der Waals surface area (Å²) in [4.78, 5) is 13.5. The first-order valence-corrected chi connectivity index (χ1v) is 7.34. The highest BCUT2D eigenvalue weighted by Crippen LogP contribution is 2.37. The van der Waals surface area contributed by atoms with Gasteiger partial charge in [0.05, 0.1) is 11.7 Å². The molecule has 4 nitrogen and oxygen atoms in total. The summed E-state index contributed by atoms with van der Waals surface area (Å²) in [6, 6.07) is 6.26. The maximum atomic E-state index is 12.3. The van der Waals surface area contributed by atoms with Crippen LogP contribution in [0.15, 0.2) is 29.8 Å². The predicted molar refractivity (Wildman–Crippen MR) is 77.3 cm³/mol. The van der Waals surface area contributed by atoms with Crippen LogP contribution in [0, 0.1) is 0 Å². The van der Waals surface area contributed by atoms with E-state index in [1.165, 1.54) is 0 Å². The van der Waals surface area contributed by atoms with Crippen LogP contribution in [-0.2, 0) is 0 Å². The van der Waals surface area contributed by atoms with Gasteiger partial charge in [0, 0.05) is 17.1 Å². The molecule has 1 aliphatic rings. The monoisotopic (exact) mass is 275 g/mol. The molecule has 1 fully saturated rings. The first-order valence-electron chi connectivity index (χ1n) is 6.47. The highest BCUT2D eigenvalue weighted by molar-refractivity contribution is 7.10. The van der Waals surface area contributed by atoms with E-state index < -0.39 is 0 Å². The van der Waals surface area contributed by atoms with Gasteiger partial charge in [-0.1, -0.05) is 6.07 Å². The molecule has 0 aliphatic heterocycles. The van der Waals surface area contributed by atoms with Gasteiger partial charge in [-0.15, -0.1) is 11.3 Å². The summed E-state index contributed by atoms with van der Waals surface area (Å²) in [6.07, 6.45) is 4.13. The van der Waals surface area contributed by atoms with E-state index in [2.05, 4.69) is 5.32 Å². The lowest BCUT2D eigenvalue weighted by Crippen LogP contribution is -2.28. The standard InChI is InChI=1S/C14H17N3OS/c1-9(13-3-2-6-19-13)16-14(18)12-7-10(15)8-17(12)11-4-5-11/h2-3,6-9,11H,4-5,15H2,1H3,(H,16,18). The van der Waals surface area contributed by atoms with Gasteiger partial charge in [0.2, 0.25) is 0 Å². The third kappa shape index (κ3) is 2.51. The lowest BCUT2D eigenvalue weighted by atomic mass is 10.2. The van der Waals surface area contributed by atoms with Gasteiger partial charge in [-0.05, 0) is 37.3 Å². The molecule has 2 heterocycles. The van der Waals surface area contributed by atoms with Crippen LogP contribution in [0.5, 0.6) is 0 Å². The Morgan fingerprint density at radius 1 is 1.58 bits per heavy atom. The second-order valence-corrected chi connectivity index (χ2v) is 5.99. The zero-order chi connectivity index (χ0) is 13.4. The van der Waals surface area contributed by atoms with Crippen molar-refractivity contribution >= 4 is 22.9 Å². The molecule has 3 N–H and O–H groups in total. The van der Waals surface area contributed by atoms with E-state index >= 15 is 0 Å². The van der Waals surface area contributed by atoms with Crippen molar-refractivity contribution in [3.8, 4) is 0 Å². The summed E-state index contributed by atoms with van der Waals surface area (Å²) in [7, 11) is 0. The molecule has 100 valence electrons. The first kappa shape index (κ1) is 12.3. The number of carbonyl (C=O) groups is 1. The summed E-state index contributed by atoms with van der Waals surface area (Å²) < 4.78 is 2.01. The van der Waals surface area contributed by atoms with Crippen LogP contribution in [0.25, 0.3) is 0 Å². The second kappa shape index (κ2) is 4.74. The highest BCUT2D eigenvalue weighted by atomic mass is 32.1. The minimum absolute atomic E-state index is 0.0243. The van der Waals surface area contributed by atoms with Gasteiger partial charge in [-0.25, -0.2) is 0 Å². The van der Waals surface area contributed by atoms with Gasteiger partial charge in [0.25, 0.3) is 5.91 Å². The van der Waals surface area contributed by atoms with Gasteiger partial charge >= 0.3 is 0 Å². The minimum Gasteiger partial charge on any atom is -0.397 e. The van der Waals surface area contributed by atoms with E-state index in [-0.39, 0.29) is 11.9 Å². The quantitative estimate of drug-likeness (QED) is 0.901. The SMILES string of the molecule is CC(NC(=O)c1cc(N)cn1C1CC1)c1cccs1. The largest absolute Gasteiger partial charge is 0.397 e. The lowest BCUT2D eigenvalue weighted by Gasteiger charge is -2.13. The summed E-state index contributed by atoms with van der Waals surface area (Å²) in [6.45, 7) is 2.00. The van der Waals surface area contributed by atoms with Crippen LogP contribution in [0.3, 0.4) is 0 Å². The number of thiophene rings is 1. The van der Waals surface area contributed by atoms with Gasteiger partial charge in [0.15, 0.2) is 0 Å². The number of nitrogens with two attached hydrogens (primary N) is 1. The number of aromatic nitrogens is 1. The zero-order valence-corrected chi connectivity index (χ0v) is 11.6. The first-order chi connectivity index (χ1) is 9.15. The third-order valence-electron chi connectivity index (χ3n) is 3.36. The van der Waals surface area contributed by atoms with E-state index in [1.807, 2.05) is 35.2 Å². The lowest BCUT2D eigenvalue weighted by molar-refractivity contribution is 0.0931. The van der Waals surface area contributed by atoms with Crippen molar-refractivity contribution in [3.63, 3.8) is 0 Å². The molecule has 0 bridgehead atoms. The van der Waals surface area contributed by atoms with E-state index in [0.29, 0.717) is 17.4 Å². The molecule has 1 amide bonds.